The molecule has 0 saturated carbocycles. The number of rotatable bonds is 5. The van der Waals surface area contributed by atoms with Crippen molar-refractivity contribution in [2.45, 2.75) is 34.1 Å². The standard InChI is InChI=1S/C13H20O/c1-6-10(3)11(4)8-9-13(7-2)12(5)14/h7-10H,4,6H2,1-3,5H3/b9-8-,13-7+. The summed E-state index contributed by atoms with van der Waals surface area (Å²) in [6.45, 7) is 11.7. The summed E-state index contributed by atoms with van der Waals surface area (Å²) in [7, 11) is 0. The minimum atomic E-state index is 0.0979. The van der Waals surface area contributed by atoms with Gasteiger partial charge in [0.1, 0.15) is 0 Å². The first-order valence-electron chi connectivity index (χ1n) is 5.07. The van der Waals surface area contributed by atoms with Gasteiger partial charge in [0.05, 0.1) is 0 Å². The highest BCUT2D eigenvalue weighted by Gasteiger charge is 2.01. The normalized spacial score (nSPS) is 14.4. The summed E-state index contributed by atoms with van der Waals surface area (Å²) < 4.78 is 0. The van der Waals surface area contributed by atoms with Crippen molar-refractivity contribution >= 4 is 5.78 Å². The van der Waals surface area contributed by atoms with E-state index in [0.29, 0.717) is 5.92 Å². The second kappa shape index (κ2) is 6.36. The zero-order chi connectivity index (χ0) is 11.1. The van der Waals surface area contributed by atoms with Crippen molar-refractivity contribution in [2.24, 2.45) is 5.92 Å². The molecule has 0 aliphatic rings. The molecule has 1 unspecified atom stereocenters. The second-order valence-electron chi connectivity index (χ2n) is 3.52. The number of ketones is 1. The lowest BCUT2D eigenvalue weighted by atomic mass is 9.98. The molecule has 0 aliphatic heterocycles. The second-order valence-corrected chi connectivity index (χ2v) is 3.52. The lowest BCUT2D eigenvalue weighted by molar-refractivity contribution is -0.113. The predicted molar refractivity (Wildman–Crippen MR) is 62.2 cm³/mol. The van der Waals surface area contributed by atoms with Gasteiger partial charge in [-0.3, -0.25) is 4.79 Å². The molecule has 0 bridgehead atoms. The van der Waals surface area contributed by atoms with E-state index < -0.39 is 0 Å². The number of hydrogen-bond donors (Lipinski definition) is 0. The van der Waals surface area contributed by atoms with Crippen LogP contribution in [0.5, 0.6) is 0 Å². The van der Waals surface area contributed by atoms with Crippen LogP contribution in [0, 0.1) is 5.92 Å². The van der Waals surface area contributed by atoms with Gasteiger partial charge in [0.15, 0.2) is 5.78 Å². The molecule has 0 aromatic rings. The van der Waals surface area contributed by atoms with Crippen LogP contribution >= 0.6 is 0 Å². The topological polar surface area (TPSA) is 17.1 Å². The van der Waals surface area contributed by atoms with Gasteiger partial charge in [-0.2, -0.15) is 0 Å². The van der Waals surface area contributed by atoms with Crippen LogP contribution in [0.15, 0.2) is 36.0 Å². The van der Waals surface area contributed by atoms with E-state index in [1.54, 1.807) is 6.92 Å². The molecule has 14 heavy (non-hydrogen) atoms. The van der Waals surface area contributed by atoms with E-state index in [1.807, 2.05) is 25.2 Å². The van der Waals surface area contributed by atoms with Crippen LogP contribution in [0.2, 0.25) is 0 Å². The Kier molecular flexibility index (Phi) is 5.86. The lowest BCUT2D eigenvalue weighted by Gasteiger charge is -2.07. The fourth-order valence-corrected chi connectivity index (χ4v) is 1.04. The van der Waals surface area contributed by atoms with Crippen molar-refractivity contribution in [3.63, 3.8) is 0 Å². The highest BCUT2D eigenvalue weighted by Crippen LogP contribution is 2.14. The van der Waals surface area contributed by atoms with Crippen molar-refractivity contribution in [1.82, 2.24) is 0 Å². The van der Waals surface area contributed by atoms with Crippen molar-refractivity contribution < 1.29 is 4.79 Å². The Balaban J connectivity index is 4.44. The van der Waals surface area contributed by atoms with Gasteiger partial charge in [-0.1, -0.05) is 44.2 Å². The summed E-state index contributed by atoms with van der Waals surface area (Å²) in [5.41, 5.74) is 1.82. The maximum atomic E-state index is 11.1. The first-order chi connectivity index (χ1) is 6.52. The largest absolute Gasteiger partial charge is 0.295 e. The predicted octanol–water partition coefficient (Wildman–Crippen LogP) is 3.68. The van der Waals surface area contributed by atoms with Gasteiger partial charge >= 0.3 is 0 Å². The Morgan fingerprint density at radius 2 is 2.00 bits per heavy atom. The Bertz CT molecular complexity index is 269. The van der Waals surface area contributed by atoms with Gasteiger partial charge in [-0.25, -0.2) is 0 Å². The highest BCUT2D eigenvalue weighted by atomic mass is 16.1. The summed E-state index contributed by atoms with van der Waals surface area (Å²) >= 11 is 0. The van der Waals surface area contributed by atoms with Crippen LogP contribution in [0.25, 0.3) is 0 Å². The van der Waals surface area contributed by atoms with Gasteiger partial charge < -0.3 is 0 Å². The molecule has 0 N–H and O–H groups in total. The van der Waals surface area contributed by atoms with E-state index in [-0.39, 0.29) is 5.78 Å². The quantitative estimate of drug-likeness (QED) is 0.479. The molecular formula is C13H20O. The molecule has 0 aromatic heterocycles. The third kappa shape index (κ3) is 4.22. The number of Topliss-reactive ketones (excluding diaryl/α,β-unsaturated/α-hetero) is 1. The van der Waals surface area contributed by atoms with E-state index in [9.17, 15) is 4.79 Å². The fourth-order valence-electron chi connectivity index (χ4n) is 1.04. The van der Waals surface area contributed by atoms with Crippen LogP contribution in [0.3, 0.4) is 0 Å². The number of carbonyl (C=O) groups excluding carboxylic acids is 1. The molecule has 0 rings (SSSR count). The molecule has 0 amide bonds. The van der Waals surface area contributed by atoms with Crippen molar-refractivity contribution in [3.8, 4) is 0 Å². The zero-order valence-electron chi connectivity index (χ0n) is 9.63. The van der Waals surface area contributed by atoms with Crippen LogP contribution in [0.4, 0.5) is 0 Å². The number of allylic oxidation sites excluding steroid dienone is 5. The van der Waals surface area contributed by atoms with Gasteiger partial charge in [0.25, 0.3) is 0 Å². The average Bonchev–Trinajstić information content (AvgIpc) is 2.16. The molecule has 0 heterocycles. The monoisotopic (exact) mass is 192 g/mol. The Morgan fingerprint density at radius 1 is 1.43 bits per heavy atom. The zero-order valence-corrected chi connectivity index (χ0v) is 9.63. The van der Waals surface area contributed by atoms with Crippen LogP contribution in [-0.4, -0.2) is 5.78 Å². The summed E-state index contributed by atoms with van der Waals surface area (Å²) in [5, 5.41) is 0. The molecule has 0 radical (unpaired) electrons. The smallest absolute Gasteiger partial charge is 0.159 e. The Labute approximate surface area is 87.2 Å². The van der Waals surface area contributed by atoms with Crippen LogP contribution in [-0.2, 0) is 4.79 Å². The van der Waals surface area contributed by atoms with Gasteiger partial charge in [0, 0.05) is 5.57 Å². The molecule has 1 atom stereocenters. The third-order valence-electron chi connectivity index (χ3n) is 2.44. The first kappa shape index (κ1) is 12.9. The van der Waals surface area contributed by atoms with Gasteiger partial charge in [-0.05, 0) is 26.2 Å². The molecule has 1 nitrogen and oxygen atoms in total. The highest BCUT2D eigenvalue weighted by molar-refractivity contribution is 5.95. The minimum absolute atomic E-state index is 0.0979. The minimum Gasteiger partial charge on any atom is -0.295 e. The molecule has 0 spiro atoms. The van der Waals surface area contributed by atoms with Gasteiger partial charge in [0.2, 0.25) is 0 Å². The molecule has 78 valence electrons. The van der Waals surface area contributed by atoms with Crippen molar-refractivity contribution in [2.75, 3.05) is 0 Å². The lowest BCUT2D eigenvalue weighted by Crippen LogP contribution is -1.95. The summed E-state index contributed by atoms with van der Waals surface area (Å²) in [6, 6.07) is 0. The Hall–Kier alpha value is -1.11. The first-order valence-corrected chi connectivity index (χ1v) is 5.07. The third-order valence-corrected chi connectivity index (χ3v) is 2.44. The van der Waals surface area contributed by atoms with E-state index in [2.05, 4.69) is 20.4 Å². The average molecular weight is 192 g/mol. The van der Waals surface area contributed by atoms with E-state index in [0.717, 1.165) is 17.6 Å². The molecular weight excluding hydrogens is 172 g/mol. The molecule has 0 saturated heterocycles. The van der Waals surface area contributed by atoms with E-state index in [4.69, 9.17) is 0 Å². The van der Waals surface area contributed by atoms with E-state index in [1.165, 1.54) is 0 Å². The van der Waals surface area contributed by atoms with Crippen molar-refractivity contribution in [3.05, 3.63) is 36.0 Å². The van der Waals surface area contributed by atoms with Crippen LogP contribution in [0.1, 0.15) is 34.1 Å². The maximum Gasteiger partial charge on any atom is 0.159 e. The molecule has 0 aliphatic carbocycles. The number of carbonyl (C=O) groups is 1. The summed E-state index contributed by atoms with van der Waals surface area (Å²) in [6.07, 6.45) is 6.68. The van der Waals surface area contributed by atoms with Crippen LogP contribution < -0.4 is 0 Å². The van der Waals surface area contributed by atoms with Crippen molar-refractivity contribution in [1.29, 1.82) is 0 Å². The molecule has 0 fully saturated rings. The fraction of sp³-hybridized carbons (Fsp3) is 0.462. The molecule has 1 heteroatoms. The maximum absolute atomic E-state index is 11.1. The number of hydrogen-bond acceptors (Lipinski definition) is 1. The van der Waals surface area contributed by atoms with Gasteiger partial charge in [-0.15, -0.1) is 0 Å². The SMILES string of the molecule is C=C(/C=C\C(=C/C)C(C)=O)C(C)CC. The summed E-state index contributed by atoms with van der Waals surface area (Å²) in [5.74, 6) is 0.581. The Morgan fingerprint density at radius 3 is 2.36 bits per heavy atom. The van der Waals surface area contributed by atoms with E-state index >= 15 is 0 Å². The summed E-state index contributed by atoms with van der Waals surface area (Å²) in [4.78, 5) is 11.1. The molecule has 0 aromatic carbocycles.